The van der Waals surface area contributed by atoms with Crippen LogP contribution in [0.5, 0.6) is 0 Å². The van der Waals surface area contributed by atoms with E-state index in [0.29, 0.717) is 0 Å². The minimum atomic E-state index is -0.0521. The van der Waals surface area contributed by atoms with Gasteiger partial charge in [0.1, 0.15) is 0 Å². The fourth-order valence-corrected chi connectivity index (χ4v) is 1.48. The lowest BCUT2D eigenvalue weighted by Gasteiger charge is -2.13. The van der Waals surface area contributed by atoms with E-state index in [0.717, 1.165) is 10.0 Å². The second-order valence-corrected chi connectivity index (χ2v) is 4.23. The third kappa shape index (κ3) is 3.35. The third-order valence-electron chi connectivity index (χ3n) is 1.89. The van der Waals surface area contributed by atoms with E-state index in [2.05, 4.69) is 33.9 Å². The SMILES string of the molecule is C[C@@H](NC(=O)CS)c1ccc(Br)cc1. The quantitative estimate of drug-likeness (QED) is 0.815. The molecule has 1 atom stereocenters. The third-order valence-corrected chi connectivity index (χ3v) is 2.71. The topological polar surface area (TPSA) is 29.1 Å². The molecule has 0 heterocycles. The Morgan fingerprint density at radius 3 is 2.57 bits per heavy atom. The van der Waals surface area contributed by atoms with Crippen molar-refractivity contribution < 1.29 is 4.79 Å². The molecule has 2 nitrogen and oxygen atoms in total. The maximum absolute atomic E-state index is 11.1. The molecule has 1 aromatic rings. The first kappa shape index (κ1) is 11.6. The largest absolute Gasteiger partial charge is 0.349 e. The molecule has 0 aromatic heterocycles. The van der Waals surface area contributed by atoms with E-state index < -0.39 is 0 Å². The summed E-state index contributed by atoms with van der Waals surface area (Å²) in [7, 11) is 0. The van der Waals surface area contributed by atoms with E-state index in [1.54, 1.807) is 0 Å². The van der Waals surface area contributed by atoms with Crippen molar-refractivity contribution in [2.75, 3.05) is 5.75 Å². The van der Waals surface area contributed by atoms with Crippen molar-refractivity contribution in [2.45, 2.75) is 13.0 Å². The Hall–Kier alpha value is -0.480. The predicted octanol–water partition coefficient (Wildman–Crippen LogP) is 2.56. The summed E-state index contributed by atoms with van der Waals surface area (Å²) in [6.45, 7) is 1.95. The number of hydrogen-bond donors (Lipinski definition) is 2. The maximum atomic E-state index is 11.1. The second-order valence-electron chi connectivity index (χ2n) is 3.00. The van der Waals surface area contributed by atoms with Gasteiger partial charge in [-0.2, -0.15) is 12.6 Å². The normalized spacial score (nSPS) is 12.2. The fourth-order valence-electron chi connectivity index (χ4n) is 1.12. The molecule has 0 fully saturated rings. The molecule has 0 unspecified atom stereocenters. The molecular formula is C10H12BrNOS. The number of amides is 1. The molecule has 1 N–H and O–H groups in total. The highest BCUT2D eigenvalue weighted by molar-refractivity contribution is 9.10. The molecule has 14 heavy (non-hydrogen) atoms. The summed E-state index contributed by atoms with van der Waals surface area (Å²) in [4.78, 5) is 11.1. The smallest absolute Gasteiger partial charge is 0.230 e. The molecule has 0 radical (unpaired) electrons. The minimum Gasteiger partial charge on any atom is -0.349 e. The van der Waals surface area contributed by atoms with Crippen LogP contribution in [-0.4, -0.2) is 11.7 Å². The molecule has 76 valence electrons. The van der Waals surface area contributed by atoms with Crippen molar-refractivity contribution in [1.29, 1.82) is 0 Å². The van der Waals surface area contributed by atoms with Gasteiger partial charge in [0.15, 0.2) is 0 Å². The lowest BCUT2D eigenvalue weighted by atomic mass is 10.1. The van der Waals surface area contributed by atoms with Gasteiger partial charge in [-0.25, -0.2) is 0 Å². The lowest BCUT2D eigenvalue weighted by Crippen LogP contribution is -2.27. The van der Waals surface area contributed by atoms with Gasteiger partial charge < -0.3 is 5.32 Å². The highest BCUT2D eigenvalue weighted by Crippen LogP contribution is 2.16. The molecule has 0 aliphatic carbocycles. The zero-order chi connectivity index (χ0) is 10.6. The van der Waals surface area contributed by atoms with Crippen LogP contribution in [0, 0.1) is 0 Å². The summed E-state index contributed by atoms with van der Waals surface area (Å²) in [5.74, 6) is 0.171. The number of halogens is 1. The maximum Gasteiger partial charge on any atom is 0.230 e. The van der Waals surface area contributed by atoms with E-state index in [4.69, 9.17) is 0 Å². The summed E-state index contributed by atoms with van der Waals surface area (Å²) < 4.78 is 1.04. The molecule has 0 saturated heterocycles. The van der Waals surface area contributed by atoms with Gasteiger partial charge in [-0.3, -0.25) is 4.79 Å². The second kappa shape index (κ2) is 5.41. The van der Waals surface area contributed by atoms with Gasteiger partial charge in [0.25, 0.3) is 0 Å². The van der Waals surface area contributed by atoms with Crippen LogP contribution in [-0.2, 0) is 4.79 Å². The average molecular weight is 274 g/mol. The van der Waals surface area contributed by atoms with Crippen molar-refractivity contribution in [3.63, 3.8) is 0 Å². The molecule has 0 aliphatic heterocycles. The molecule has 0 spiro atoms. The Labute approximate surface area is 97.6 Å². The van der Waals surface area contributed by atoms with Crippen LogP contribution >= 0.6 is 28.6 Å². The van der Waals surface area contributed by atoms with Crippen LogP contribution in [0.15, 0.2) is 28.7 Å². The van der Waals surface area contributed by atoms with Gasteiger partial charge in [-0.05, 0) is 24.6 Å². The van der Waals surface area contributed by atoms with Gasteiger partial charge in [0, 0.05) is 4.47 Å². The number of thiol groups is 1. The number of rotatable bonds is 3. The van der Waals surface area contributed by atoms with Crippen molar-refractivity contribution in [3.8, 4) is 0 Å². The van der Waals surface area contributed by atoms with E-state index in [-0.39, 0.29) is 17.7 Å². The van der Waals surface area contributed by atoms with Crippen molar-refractivity contribution in [3.05, 3.63) is 34.3 Å². The summed E-state index contributed by atoms with van der Waals surface area (Å²) in [6.07, 6.45) is 0. The summed E-state index contributed by atoms with van der Waals surface area (Å²) in [6, 6.07) is 7.90. The number of hydrogen-bond acceptors (Lipinski definition) is 2. The zero-order valence-electron chi connectivity index (χ0n) is 7.83. The van der Waals surface area contributed by atoms with Gasteiger partial charge >= 0.3 is 0 Å². The van der Waals surface area contributed by atoms with Crippen LogP contribution in [0.1, 0.15) is 18.5 Å². The van der Waals surface area contributed by atoms with Crippen molar-refractivity contribution >= 4 is 34.5 Å². The van der Waals surface area contributed by atoms with Crippen molar-refractivity contribution in [1.82, 2.24) is 5.32 Å². The van der Waals surface area contributed by atoms with Gasteiger partial charge in [-0.1, -0.05) is 28.1 Å². The molecule has 4 heteroatoms. The van der Waals surface area contributed by atoms with Crippen molar-refractivity contribution in [2.24, 2.45) is 0 Å². The van der Waals surface area contributed by atoms with E-state index in [9.17, 15) is 4.79 Å². The van der Waals surface area contributed by atoms with Crippen LogP contribution in [0.3, 0.4) is 0 Å². The molecular weight excluding hydrogens is 262 g/mol. The minimum absolute atomic E-state index is 0.0303. The number of nitrogens with one attached hydrogen (secondary N) is 1. The van der Waals surface area contributed by atoms with Crippen LogP contribution in [0.2, 0.25) is 0 Å². The number of carbonyl (C=O) groups is 1. The van der Waals surface area contributed by atoms with E-state index >= 15 is 0 Å². The first-order valence-corrected chi connectivity index (χ1v) is 5.71. The Bertz CT molecular complexity index is 312. The highest BCUT2D eigenvalue weighted by atomic mass is 79.9. The summed E-state index contributed by atoms with van der Waals surface area (Å²) >= 11 is 7.26. The number of benzene rings is 1. The Kier molecular flexibility index (Phi) is 4.48. The molecule has 1 aromatic carbocycles. The zero-order valence-corrected chi connectivity index (χ0v) is 10.3. The molecule has 0 aliphatic rings. The molecule has 0 saturated carbocycles. The highest BCUT2D eigenvalue weighted by Gasteiger charge is 2.07. The van der Waals surface area contributed by atoms with Crippen LogP contribution < -0.4 is 5.32 Å². The standard InChI is InChI=1S/C10H12BrNOS/c1-7(12-10(13)6-14)8-2-4-9(11)5-3-8/h2-5,7,14H,6H2,1H3,(H,12,13)/t7-/m1/s1. The molecule has 0 bridgehead atoms. The van der Waals surface area contributed by atoms with Gasteiger partial charge in [0.2, 0.25) is 5.91 Å². The predicted molar refractivity (Wildman–Crippen MR) is 64.6 cm³/mol. The molecule has 1 rings (SSSR count). The summed E-state index contributed by atoms with van der Waals surface area (Å²) in [5, 5.41) is 2.83. The number of carbonyl (C=O) groups excluding carboxylic acids is 1. The average Bonchev–Trinajstić information content (AvgIpc) is 2.18. The first-order chi connectivity index (χ1) is 6.63. The summed E-state index contributed by atoms with van der Waals surface area (Å²) in [5.41, 5.74) is 1.09. The Balaban J connectivity index is 2.65. The molecule has 1 amide bonds. The Morgan fingerprint density at radius 2 is 2.07 bits per heavy atom. The van der Waals surface area contributed by atoms with Crippen LogP contribution in [0.25, 0.3) is 0 Å². The van der Waals surface area contributed by atoms with E-state index in [1.165, 1.54) is 0 Å². The van der Waals surface area contributed by atoms with Gasteiger partial charge in [0.05, 0.1) is 11.8 Å². The fraction of sp³-hybridized carbons (Fsp3) is 0.300. The Morgan fingerprint density at radius 1 is 1.50 bits per heavy atom. The van der Waals surface area contributed by atoms with E-state index in [1.807, 2.05) is 31.2 Å². The lowest BCUT2D eigenvalue weighted by molar-refractivity contribution is -0.119. The first-order valence-electron chi connectivity index (χ1n) is 4.29. The van der Waals surface area contributed by atoms with Gasteiger partial charge in [-0.15, -0.1) is 0 Å². The van der Waals surface area contributed by atoms with Crippen LogP contribution in [0.4, 0.5) is 0 Å². The monoisotopic (exact) mass is 273 g/mol.